The van der Waals surface area contributed by atoms with Crippen LogP contribution in [0.5, 0.6) is 57.5 Å². The van der Waals surface area contributed by atoms with Crippen molar-refractivity contribution in [1.29, 1.82) is 0 Å². The molecule has 16 aromatic rings. The van der Waals surface area contributed by atoms with Crippen LogP contribution in [0.3, 0.4) is 0 Å². The van der Waals surface area contributed by atoms with Gasteiger partial charge in [-0.25, -0.2) is 24.9 Å². The number of nitrogens with one attached hydrogen (secondary N) is 2. The molecule has 0 aliphatic carbocycles. The molecule has 0 saturated carbocycles. The van der Waals surface area contributed by atoms with Gasteiger partial charge in [0.05, 0.1) is 44.1 Å². The summed E-state index contributed by atoms with van der Waals surface area (Å²) >= 11 is 18.4. The van der Waals surface area contributed by atoms with Crippen molar-refractivity contribution >= 4 is 190 Å². The molecule has 0 saturated heterocycles. The van der Waals surface area contributed by atoms with Crippen LogP contribution in [0.25, 0.3) is 55.8 Å². The van der Waals surface area contributed by atoms with E-state index in [1.807, 2.05) is 91.0 Å². The molecule has 0 atom stereocenters. The van der Waals surface area contributed by atoms with Crippen LogP contribution in [0.2, 0.25) is 0 Å². The first-order valence-electron chi connectivity index (χ1n) is 31.5. The number of hydrogen-bond acceptors (Lipinski definition) is 33. The van der Waals surface area contributed by atoms with Gasteiger partial charge in [-0.3, -0.25) is 0 Å². The molecular formula is C68H52I2N25O10S5Y5-5. The van der Waals surface area contributed by atoms with E-state index in [1.54, 1.807) is 26.4 Å². The number of benzene rings is 5. The zero-order valence-electron chi connectivity index (χ0n) is 59.8. The van der Waals surface area contributed by atoms with E-state index in [0.29, 0.717) is 135 Å². The van der Waals surface area contributed by atoms with Gasteiger partial charge in [-0.15, -0.1) is 0 Å². The molecule has 4 aliphatic heterocycles. The molecule has 6 aromatic carbocycles. The number of nitrogens with two attached hydrogens (primary N) is 5. The second-order valence-electron chi connectivity index (χ2n) is 21.6. The molecule has 10 aromatic heterocycles. The zero-order valence-corrected chi connectivity index (χ0v) is 82.4. The molecule has 5 radical (unpaired) electrons. The molecule has 20 rings (SSSR count). The van der Waals surface area contributed by atoms with Crippen LogP contribution in [0, 0.1) is 35.7 Å². The van der Waals surface area contributed by atoms with Gasteiger partial charge in [0.15, 0.2) is 40.2 Å². The molecule has 35 nitrogen and oxygen atoms in total. The number of aromatic nitrogens is 20. The Kier molecular flexibility index (Phi) is 37.1. The molecule has 4 aliphatic rings. The third kappa shape index (κ3) is 25.0. The Morgan fingerprint density at radius 3 is 1.37 bits per heavy atom. The predicted molar refractivity (Wildman–Crippen MR) is 427 cm³/mol. The van der Waals surface area contributed by atoms with E-state index in [4.69, 9.17) is 100 Å². The fraction of sp³-hybridized carbons (Fsp3) is 0.103. The van der Waals surface area contributed by atoms with Gasteiger partial charge in [-0.05, 0) is 155 Å². The van der Waals surface area contributed by atoms with E-state index in [2.05, 4.69) is 170 Å². The number of halogens is 2. The Bertz CT molecular complexity index is 5900. The van der Waals surface area contributed by atoms with Gasteiger partial charge in [-0.1, -0.05) is 84.0 Å². The summed E-state index contributed by atoms with van der Waals surface area (Å²) in [4.78, 5) is 81.3. The minimum absolute atomic E-state index is 0. The van der Waals surface area contributed by atoms with Gasteiger partial charge in [0.2, 0.25) is 32.9 Å². The number of ether oxygens (including phenoxy) is 10. The summed E-state index contributed by atoms with van der Waals surface area (Å²) in [6.07, 6.45) is 6.84. The summed E-state index contributed by atoms with van der Waals surface area (Å²) in [5, 5.41) is 1.72. The van der Waals surface area contributed by atoms with Crippen molar-refractivity contribution in [3.63, 3.8) is 0 Å². The van der Waals surface area contributed by atoms with E-state index in [-0.39, 0.29) is 177 Å². The van der Waals surface area contributed by atoms with E-state index in [1.165, 1.54) is 76.1 Å². The molecule has 115 heavy (non-hydrogen) atoms. The normalized spacial score (nSPS) is 11.3. The summed E-state index contributed by atoms with van der Waals surface area (Å²) in [6, 6.07) is 40.0. The topological polar surface area (TPSA) is 492 Å². The van der Waals surface area contributed by atoms with Crippen molar-refractivity contribution in [2.24, 2.45) is 0 Å². The van der Waals surface area contributed by atoms with Crippen LogP contribution in [-0.4, -0.2) is 116 Å². The van der Waals surface area contributed by atoms with Crippen molar-refractivity contribution < 1.29 is 211 Å². The number of anilines is 5. The summed E-state index contributed by atoms with van der Waals surface area (Å²) in [6.45, 7) is 3.23. The fourth-order valence-electron chi connectivity index (χ4n) is 9.38. The van der Waals surface area contributed by atoms with E-state index >= 15 is 0 Å². The third-order valence-corrected chi connectivity index (χ3v) is 20.1. The third-order valence-electron chi connectivity index (χ3n) is 14.6. The number of para-hydroxylation sites is 3. The number of aromatic amines is 2. The van der Waals surface area contributed by atoms with E-state index in [0.717, 1.165) is 64.3 Å². The standard InChI is InChI=1S/C12H9IN5OS.2C12H8N5O2S.C8H9IO.C7H6O2.C7H4O2.2C5H5N5S.5Y/c1-19-6-2-3-7(13)8(4-6)20-12-17-9-10(14)15-5-16-11(9)18-12;13-10-9-11(15-4-14-10)17-12(16-9)20-6-1-2-7-8(3-6)19-5-18-7;13-10-8-11(15-4-14-10)17-12(16-8)20-7-3-1-2-6-9(7)19-5-18-6;1-6-5-7(10-2)3-4-8(6)9;2*1-2-4-7-6(3-1)8-5-9-7;2*6-3-2-4(8-1-7-3)10-5(11)9-2;;;;;/h2-5H,1H3,(H2-,14,15,16,17,18);2*1-4H,5H2,(H2-,13,14,15,16,17);3-5H,1-2H3;1-4H,5H2;1,3H,5H2;2*1H,(H4,6,7,8,9,10,11);;;;;/q3*-1;;;;;;;;;;/p-2. The number of methoxy groups -OCH3 is 2. The summed E-state index contributed by atoms with van der Waals surface area (Å²) < 4.78 is 55.0. The fourth-order valence-corrected chi connectivity index (χ4v) is 13.2. The molecule has 14 heterocycles. The maximum absolute atomic E-state index is 5.75. The van der Waals surface area contributed by atoms with Gasteiger partial charge in [0.25, 0.3) is 0 Å². The van der Waals surface area contributed by atoms with Gasteiger partial charge in [0.1, 0.15) is 40.6 Å². The Morgan fingerprint density at radius 1 is 0.426 bits per heavy atom. The number of fused-ring (bicyclic) bond motifs is 9. The first-order chi connectivity index (χ1) is 53.5. The molecule has 0 fully saturated rings. The van der Waals surface area contributed by atoms with Crippen molar-refractivity contribution in [3.05, 3.63) is 175 Å². The Morgan fingerprint density at radius 2 is 0.861 bits per heavy atom. The van der Waals surface area contributed by atoms with Gasteiger partial charge < -0.3 is 151 Å². The summed E-state index contributed by atoms with van der Waals surface area (Å²) in [7, 11) is 3.32. The molecule has 12 N–H and O–H groups in total. The summed E-state index contributed by atoms with van der Waals surface area (Å²) in [5.74, 6) is 9.50. The molecular weight excluding hydrogens is 2190 g/mol. The van der Waals surface area contributed by atoms with Crippen LogP contribution >= 0.6 is 105 Å². The van der Waals surface area contributed by atoms with Crippen molar-refractivity contribution in [2.45, 2.75) is 37.1 Å². The van der Waals surface area contributed by atoms with Crippen LogP contribution in [-0.2, 0) is 164 Å². The number of nitrogen functional groups attached to an aromatic ring is 5. The van der Waals surface area contributed by atoms with Crippen molar-refractivity contribution in [3.8, 4) is 57.5 Å². The molecule has 0 amide bonds. The first kappa shape index (κ1) is 93.9. The quantitative estimate of drug-likeness (QED) is 0.0549. The van der Waals surface area contributed by atoms with Crippen LogP contribution in [0.4, 0.5) is 29.1 Å². The van der Waals surface area contributed by atoms with Crippen LogP contribution in [0.1, 0.15) is 5.56 Å². The van der Waals surface area contributed by atoms with Crippen LogP contribution < -0.4 is 101 Å². The number of hydrogen-bond donors (Lipinski definition) is 7. The van der Waals surface area contributed by atoms with E-state index < -0.39 is 0 Å². The van der Waals surface area contributed by atoms with Gasteiger partial charge >= 0.3 is 0 Å². The minimum atomic E-state index is 0. The SMILES string of the molecule is COc1ccc(I)c(C)c1.COc1ccc(I)c(Sc2nc3c(N)ncnc3[n-]2)c1.Nc1ncnc2[n-]c(=S)[nH]c12.Nc1ncnc2[n-]c(=S)[nH]c12.Nc1ncnc2[n-]c(Sc3ccc4c(c3)OCO4)nc12.Nc1ncnc2[n-]c(Sc3cccc4c3OCO4)nc12.[Y].[Y].[Y].[Y].[Y].c1ccc2c(c#1)OCO2.c1ccc2c(c1)OCO2. The Balaban J connectivity index is 0.000000167. The smallest absolute Gasteiger partial charge is 0.232 e. The zero-order chi connectivity index (χ0) is 76.6. The monoisotopic (exact) mass is 2240 g/mol. The number of aryl methyl sites for hydroxylation is 1. The number of nitrogens with zero attached hydrogens (tertiary/aromatic N) is 18. The van der Waals surface area contributed by atoms with Crippen molar-refractivity contribution in [1.82, 2.24) is 99.7 Å². The number of imidazole rings is 5. The van der Waals surface area contributed by atoms with Crippen LogP contribution in [0.15, 0.2) is 171 Å². The van der Waals surface area contributed by atoms with Gasteiger partial charge in [-0.2, -0.15) is 0 Å². The summed E-state index contributed by atoms with van der Waals surface area (Å²) in [5.41, 5.74) is 34.8. The average molecular weight is 2240 g/mol. The Hall–Kier alpha value is -6.64. The Labute approximate surface area is 828 Å². The maximum Gasteiger partial charge on any atom is 0.232 e. The second kappa shape index (κ2) is 45.5. The van der Waals surface area contributed by atoms with Gasteiger partial charge in [0, 0.05) is 268 Å². The second-order valence-corrected chi connectivity index (χ2v) is 27.7. The predicted octanol–water partition coefficient (Wildman–Crippen LogP) is 10.7. The molecule has 0 bridgehead atoms. The van der Waals surface area contributed by atoms with E-state index in [9.17, 15) is 0 Å². The number of rotatable bonds is 8. The molecule has 47 heteroatoms. The largest absolute Gasteiger partial charge is 0.497 e. The maximum atomic E-state index is 5.75. The number of H-pyrrole nitrogens is 2. The molecule has 0 unspecified atom stereocenters. The average Bonchev–Trinajstić information content (AvgIpc) is 1.66. The minimum Gasteiger partial charge on any atom is -0.497 e. The molecule has 0 spiro atoms. The van der Waals surface area contributed by atoms with Crippen molar-refractivity contribution in [2.75, 3.05) is 70.1 Å². The first-order valence-corrected chi connectivity index (χ1v) is 36.9. The molecule has 573 valence electrons.